The Morgan fingerprint density at radius 1 is 1.44 bits per heavy atom. The van der Waals surface area contributed by atoms with E-state index < -0.39 is 11.7 Å². The molecular weight excluding hydrogens is 210 g/mol. The Bertz CT molecular complexity index is 597. The molecule has 2 rings (SSSR count). The predicted molar refractivity (Wildman–Crippen MR) is 57.8 cm³/mol. The molecule has 2 aromatic rings. The van der Waals surface area contributed by atoms with Crippen molar-refractivity contribution in [1.82, 2.24) is 9.55 Å². The quantitative estimate of drug-likeness (QED) is 0.638. The zero-order chi connectivity index (χ0) is 11.7. The molecule has 1 aromatic heterocycles. The Kier molecular flexibility index (Phi) is 2.24. The van der Waals surface area contributed by atoms with Crippen LogP contribution in [0.3, 0.4) is 0 Å². The molecule has 0 atom stereocenters. The molecule has 0 spiro atoms. The van der Waals surface area contributed by atoms with Crippen LogP contribution in [0, 0.1) is 0 Å². The lowest BCUT2D eigenvalue weighted by Crippen LogP contribution is -2.17. The number of H-pyrrole nitrogens is 1. The van der Waals surface area contributed by atoms with E-state index in [4.69, 9.17) is 10.8 Å². The molecule has 0 aliphatic heterocycles. The largest absolute Gasteiger partial charge is 0.478 e. The van der Waals surface area contributed by atoms with Crippen molar-refractivity contribution in [2.45, 2.75) is 0 Å². The number of nitrogens with zero attached hydrogens (tertiary/aromatic N) is 1. The van der Waals surface area contributed by atoms with Crippen molar-refractivity contribution < 1.29 is 9.90 Å². The van der Waals surface area contributed by atoms with Gasteiger partial charge in [0.2, 0.25) is 0 Å². The number of carboxylic acids is 1. The van der Waals surface area contributed by atoms with Gasteiger partial charge in [0.1, 0.15) is 0 Å². The van der Waals surface area contributed by atoms with Crippen molar-refractivity contribution in [2.24, 2.45) is 0 Å². The molecule has 6 nitrogen and oxygen atoms in total. The van der Waals surface area contributed by atoms with E-state index in [2.05, 4.69) is 4.98 Å². The Morgan fingerprint density at radius 2 is 2.19 bits per heavy atom. The molecule has 0 unspecified atom stereocenters. The fourth-order valence-electron chi connectivity index (χ4n) is 1.45. The van der Waals surface area contributed by atoms with Crippen LogP contribution in [0.15, 0.2) is 35.4 Å². The Morgan fingerprint density at radius 3 is 2.75 bits per heavy atom. The first-order valence-corrected chi connectivity index (χ1v) is 4.49. The number of hydrogen-bond donors (Lipinski definition) is 3. The number of carbonyl (C=O) groups is 1. The van der Waals surface area contributed by atoms with Crippen LogP contribution in [0.25, 0.3) is 5.69 Å². The fraction of sp³-hybridized carbons (Fsp3) is 0. The van der Waals surface area contributed by atoms with Crippen LogP contribution in [0.2, 0.25) is 0 Å². The van der Waals surface area contributed by atoms with Gasteiger partial charge in [-0.2, -0.15) is 0 Å². The number of nitrogens with two attached hydrogens (primary N) is 1. The standard InChI is InChI=1S/C10H9N3O3/c11-6-1-2-8(7(5-6)9(14)15)13-4-3-12-10(13)16/h1-5H,11H2,(H,12,16)(H,14,15). The monoisotopic (exact) mass is 219 g/mol. The minimum atomic E-state index is -1.13. The molecule has 0 aliphatic rings. The van der Waals surface area contributed by atoms with Gasteiger partial charge in [0.05, 0.1) is 11.3 Å². The lowest BCUT2D eigenvalue weighted by atomic mass is 10.1. The number of nitrogen functional groups attached to an aromatic ring is 1. The first-order valence-electron chi connectivity index (χ1n) is 4.49. The number of nitrogens with one attached hydrogen (secondary N) is 1. The third-order valence-electron chi connectivity index (χ3n) is 2.16. The zero-order valence-electron chi connectivity index (χ0n) is 8.18. The summed E-state index contributed by atoms with van der Waals surface area (Å²) in [5, 5.41) is 9.00. The number of rotatable bonds is 2. The van der Waals surface area contributed by atoms with Crippen LogP contribution in [-0.4, -0.2) is 20.6 Å². The highest BCUT2D eigenvalue weighted by Crippen LogP contribution is 2.16. The Hall–Kier alpha value is -2.50. The molecule has 1 aromatic carbocycles. The maximum atomic E-state index is 11.4. The van der Waals surface area contributed by atoms with Crippen LogP contribution in [0.1, 0.15) is 10.4 Å². The molecular formula is C10H9N3O3. The summed E-state index contributed by atoms with van der Waals surface area (Å²) in [6.45, 7) is 0. The molecule has 4 N–H and O–H groups in total. The SMILES string of the molecule is Nc1ccc(-n2cc[nH]c2=O)c(C(=O)O)c1. The number of aromatic nitrogens is 2. The lowest BCUT2D eigenvalue weighted by molar-refractivity contribution is 0.0697. The summed E-state index contributed by atoms with van der Waals surface area (Å²) in [6.07, 6.45) is 2.89. The van der Waals surface area contributed by atoms with E-state index in [1.54, 1.807) is 6.07 Å². The second kappa shape index (κ2) is 3.58. The molecule has 0 amide bonds. The molecule has 0 saturated heterocycles. The highest BCUT2D eigenvalue weighted by molar-refractivity contribution is 5.93. The molecule has 82 valence electrons. The Balaban J connectivity index is 2.70. The van der Waals surface area contributed by atoms with Gasteiger partial charge >= 0.3 is 11.7 Å². The molecule has 0 saturated carbocycles. The van der Waals surface area contributed by atoms with Gasteiger partial charge in [0.15, 0.2) is 0 Å². The number of anilines is 1. The van der Waals surface area contributed by atoms with Crippen molar-refractivity contribution in [1.29, 1.82) is 0 Å². The molecule has 0 aliphatic carbocycles. The van der Waals surface area contributed by atoms with Crippen LogP contribution in [0.4, 0.5) is 5.69 Å². The smallest absolute Gasteiger partial charge is 0.337 e. The van der Waals surface area contributed by atoms with Crippen LogP contribution >= 0.6 is 0 Å². The summed E-state index contributed by atoms with van der Waals surface area (Å²) in [6, 6.07) is 4.35. The molecule has 1 heterocycles. The number of aromatic carboxylic acids is 1. The second-order valence-electron chi connectivity index (χ2n) is 3.22. The molecule has 6 heteroatoms. The normalized spacial score (nSPS) is 10.2. The summed E-state index contributed by atoms with van der Waals surface area (Å²) >= 11 is 0. The van der Waals surface area contributed by atoms with Crippen molar-refractivity contribution >= 4 is 11.7 Å². The van der Waals surface area contributed by atoms with Gasteiger partial charge in [0, 0.05) is 18.1 Å². The maximum Gasteiger partial charge on any atom is 0.337 e. The van der Waals surface area contributed by atoms with Gasteiger partial charge in [-0.3, -0.25) is 4.57 Å². The molecule has 0 radical (unpaired) electrons. The van der Waals surface area contributed by atoms with Crippen molar-refractivity contribution in [3.63, 3.8) is 0 Å². The van der Waals surface area contributed by atoms with E-state index in [9.17, 15) is 9.59 Å². The summed E-state index contributed by atoms with van der Waals surface area (Å²) in [5.74, 6) is -1.13. The summed E-state index contributed by atoms with van der Waals surface area (Å²) in [4.78, 5) is 24.8. The molecule has 16 heavy (non-hydrogen) atoms. The lowest BCUT2D eigenvalue weighted by Gasteiger charge is -2.06. The third kappa shape index (κ3) is 1.56. The van der Waals surface area contributed by atoms with Gasteiger partial charge in [-0.05, 0) is 18.2 Å². The van der Waals surface area contributed by atoms with Crippen LogP contribution in [-0.2, 0) is 0 Å². The highest BCUT2D eigenvalue weighted by atomic mass is 16.4. The summed E-state index contributed by atoms with van der Waals surface area (Å²) < 4.78 is 1.21. The minimum Gasteiger partial charge on any atom is -0.478 e. The van der Waals surface area contributed by atoms with E-state index in [0.29, 0.717) is 5.69 Å². The van der Waals surface area contributed by atoms with Crippen LogP contribution < -0.4 is 11.4 Å². The predicted octanol–water partition coefficient (Wildman–Crippen LogP) is 0.446. The van der Waals surface area contributed by atoms with E-state index in [1.165, 1.54) is 29.1 Å². The van der Waals surface area contributed by atoms with Crippen molar-refractivity contribution in [2.75, 3.05) is 5.73 Å². The van der Waals surface area contributed by atoms with Gasteiger partial charge in [-0.1, -0.05) is 0 Å². The van der Waals surface area contributed by atoms with Crippen molar-refractivity contribution in [3.8, 4) is 5.69 Å². The number of hydrogen-bond acceptors (Lipinski definition) is 3. The number of imidazole rings is 1. The second-order valence-corrected chi connectivity index (χ2v) is 3.22. The van der Waals surface area contributed by atoms with Crippen molar-refractivity contribution in [3.05, 3.63) is 46.6 Å². The highest BCUT2D eigenvalue weighted by Gasteiger charge is 2.13. The average Bonchev–Trinajstić information content (AvgIpc) is 2.64. The van der Waals surface area contributed by atoms with E-state index >= 15 is 0 Å². The first-order chi connectivity index (χ1) is 7.59. The van der Waals surface area contributed by atoms with Gasteiger partial charge in [0.25, 0.3) is 0 Å². The van der Waals surface area contributed by atoms with E-state index in [0.717, 1.165) is 0 Å². The minimum absolute atomic E-state index is 0.0123. The number of carboxylic acid groups (broad SMARTS) is 1. The first kappa shape index (κ1) is 10.0. The number of benzene rings is 1. The summed E-state index contributed by atoms with van der Waals surface area (Å²) in [5.41, 5.74) is 5.71. The molecule has 0 bridgehead atoms. The van der Waals surface area contributed by atoms with E-state index in [-0.39, 0.29) is 11.3 Å². The zero-order valence-corrected chi connectivity index (χ0v) is 8.18. The third-order valence-corrected chi connectivity index (χ3v) is 2.16. The van der Waals surface area contributed by atoms with Gasteiger partial charge in [-0.15, -0.1) is 0 Å². The fourth-order valence-corrected chi connectivity index (χ4v) is 1.45. The van der Waals surface area contributed by atoms with Crippen LogP contribution in [0.5, 0.6) is 0 Å². The number of aromatic amines is 1. The van der Waals surface area contributed by atoms with E-state index in [1.807, 2.05) is 0 Å². The maximum absolute atomic E-state index is 11.4. The van der Waals surface area contributed by atoms with Gasteiger partial charge < -0.3 is 15.8 Å². The summed E-state index contributed by atoms with van der Waals surface area (Å²) in [7, 11) is 0. The molecule has 0 fully saturated rings. The average molecular weight is 219 g/mol. The Labute approximate surface area is 89.9 Å². The topological polar surface area (TPSA) is 101 Å². The van der Waals surface area contributed by atoms with Gasteiger partial charge in [-0.25, -0.2) is 9.59 Å².